The lowest BCUT2D eigenvalue weighted by Gasteiger charge is -2.17. The van der Waals surface area contributed by atoms with Crippen LogP contribution < -0.4 is 4.90 Å². The van der Waals surface area contributed by atoms with Crippen molar-refractivity contribution in [2.24, 2.45) is 0 Å². The zero-order valence-corrected chi connectivity index (χ0v) is 16.6. The van der Waals surface area contributed by atoms with Crippen molar-refractivity contribution in [3.05, 3.63) is 72.8 Å². The topological polar surface area (TPSA) is 63.4 Å². The quantitative estimate of drug-likeness (QED) is 0.340. The Morgan fingerprint density at radius 1 is 1.18 bits per heavy atom. The molecule has 8 heteroatoms. The number of anilines is 1. The minimum absolute atomic E-state index is 0.0495. The van der Waals surface area contributed by atoms with Crippen LogP contribution in [0.5, 0.6) is 0 Å². The van der Waals surface area contributed by atoms with Gasteiger partial charge in [-0.05, 0) is 12.1 Å². The first-order valence-electron chi connectivity index (χ1n) is 8.61. The van der Waals surface area contributed by atoms with Gasteiger partial charge in [0.15, 0.2) is 15.9 Å². The van der Waals surface area contributed by atoms with Crippen LogP contribution in [0.25, 0.3) is 16.9 Å². The third-order valence-corrected chi connectivity index (χ3v) is 5.80. The average molecular weight is 408 g/mol. The third kappa shape index (κ3) is 3.83. The second kappa shape index (κ2) is 8.37. The number of fused-ring (bicyclic) bond motifs is 1. The van der Waals surface area contributed by atoms with E-state index in [0.29, 0.717) is 16.8 Å². The van der Waals surface area contributed by atoms with Crippen LogP contribution in [0.1, 0.15) is 0 Å². The highest BCUT2D eigenvalue weighted by molar-refractivity contribution is 7.99. The first-order valence-corrected chi connectivity index (χ1v) is 10.5. The highest BCUT2D eigenvalue weighted by Crippen LogP contribution is 2.28. The molecule has 0 fully saturated rings. The Balaban J connectivity index is 1.50. The van der Waals surface area contributed by atoms with Crippen LogP contribution in [0, 0.1) is 0 Å². The van der Waals surface area contributed by atoms with Gasteiger partial charge < -0.3 is 0 Å². The molecule has 0 N–H and O–H groups in total. The number of pyridine rings is 1. The summed E-state index contributed by atoms with van der Waals surface area (Å²) >= 11 is 2.81. The Kier molecular flexibility index (Phi) is 5.50. The van der Waals surface area contributed by atoms with Crippen LogP contribution in [0.2, 0.25) is 0 Å². The van der Waals surface area contributed by atoms with Gasteiger partial charge in [0.2, 0.25) is 5.91 Å². The summed E-state index contributed by atoms with van der Waals surface area (Å²) in [4.78, 5) is 19.2. The number of rotatable bonds is 7. The van der Waals surface area contributed by atoms with E-state index >= 15 is 0 Å². The molecule has 4 aromatic rings. The van der Waals surface area contributed by atoms with Crippen molar-refractivity contribution < 1.29 is 4.79 Å². The molecule has 0 radical (unpaired) electrons. The van der Waals surface area contributed by atoms with E-state index in [0.717, 1.165) is 16.9 Å². The molecule has 0 atom stereocenters. The first kappa shape index (κ1) is 18.4. The molecule has 4 rings (SSSR count). The maximum absolute atomic E-state index is 12.9. The maximum atomic E-state index is 12.9. The third-order valence-electron chi connectivity index (χ3n) is 4.01. The molecule has 1 amide bonds. The van der Waals surface area contributed by atoms with Gasteiger partial charge in [-0.3, -0.25) is 14.1 Å². The number of aromatic nitrogens is 4. The molecule has 3 aromatic heterocycles. The number of carbonyl (C=O) groups excluding carboxylic acids is 1. The summed E-state index contributed by atoms with van der Waals surface area (Å²) in [5, 5.41) is 11.6. The summed E-state index contributed by atoms with van der Waals surface area (Å²) < 4.78 is 1.87. The molecule has 0 saturated heterocycles. The lowest BCUT2D eigenvalue weighted by molar-refractivity contribution is -0.116. The average Bonchev–Trinajstić information content (AvgIpc) is 3.38. The van der Waals surface area contributed by atoms with Crippen LogP contribution in [0.4, 0.5) is 5.13 Å². The molecule has 0 aliphatic rings. The molecule has 28 heavy (non-hydrogen) atoms. The maximum Gasteiger partial charge on any atom is 0.239 e. The van der Waals surface area contributed by atoms with E-state index in [1.165, 1.54) is 23.1 Å². The summed E-state index contributed by atoms with van der Waals surface area (Å²) in [5.74, 6) is 0.190. The standard InChI is InChI=1S/C20H17N5OS2/c1-2-11-25(19-21-16(13-27-19)15-8-4-3-5-9-15)18(26)14-28-20-23-22-17-10-6-7-12-24(17)20/h2-10,12-13H,1,11,14H2. The summed E-state index contributed by atoms with van der Waals surface area (Å²) in [6.07, 6.45) is 3.59. The summed E-state index contributed by atoms with van der Waals surface area (Å²) in [5.41, 5.74) is 2.65. The fraction of sp³-hybridized carbons (Fsp3) is 0.100. The zero-order valence-electron chi connectivity index (χ0n) is 14.9. The number of nitrogens with zero attached hydrogens (tertiary/aromatic N) is 5. The number of hydrogen-bond acceptors (Lipinski definition) is 6. The van der Waals surface area contributed by atoms with Crippen LogP contribution in [-0.2, 0) is 4.79 Å². The molecule has 3 heterocycles. The number of thiazole rings is 1. The van der Waals surface area contributed by atoms with Crippen LogP contribution in [0.3, 0.4) is 0 Å². The molecule has 140 valence electrons. The lowest BCUT2D eigenvalue weighted by atomic mass is 10.2. The second-order valence-corrected chi connectivity index (χ2v) is 7.65. The van der Waals surface area contributed by atoms with Gasteiger partial charge in [-0.25, -0.2) is 4.98 Å². The highest BCUT2D eigenvalue weighted by Gasteiger charge is 2.19. The van der Waals surface area contributed by atoms with Gasteiger partial charge in [-0.2, -0.15) is 0 Å². The Morgan fingerprint density at radius 3 is 2.82 bits per heavy atom. The second-order valence-electron chi connectivity index (χ2n) is 5.87. The summed E-state index contributed by atoms with van der Waals surface area (Å²) in [7, 11) is 0. The normalized spacial score (nSPS) is 10.9. The molecule has 1 aromatic carbocycles. The molecule has 0 bridgehead atoms. The molecule has 6 nitrogen and oxygen atoms in total. The van der Waals surface area contributed by atoms with E-state index < -0.39 is 0 Å². The zero-order chi connectivity index (χ0) is 19.3. The van der Waals surface area contributed by atoms with Gasteiger partial charge in [0.1, 0.15) is 0 Å². The van der Waals surface area contributed by atoms with E-state index in [4.69, 9.17) is 0 Å². The Morgan fingerprint density at radius 2 is 2.00 bits per heavy atom. The van der Waals surface area contributed by atoms with Crippen molar-refractivity contribution in [2.45, 2.75) is 5.16 Å². The van der Waals surface area contributed by atoms with Crippen molar-refractivity contribution in [1.82, 2.24) is 19.6 Å². The van der Waals surface area contributed by atoms with E-state index in [-0.39, 0.29) is 11.7 Å². The molecule has 0 unspecified atom stereocenters. The van der Waals surface area contributed by atoms with E-state index in [2.05, 4.69) is 21.8 Å². The van der Waals surface area contributed by atoms with Gasteiger partial charge in [-0.15, -0.1) is 28.1 Å². The summed E-state index contributed by atoms with van der Waals surface area (Å²) in [6.45, 7) is 4.18. The van der Waals surface area contributed by atoms with Gasteiger partial charge in [-0.1, -0.05) is 54.2 Å². The van der Waals surface area contributed by atoms with Gasteiger partial charge in [0.05, 0.1) is 11.4 Å². The van der Waals surface area contributed by atoms with Crippen molar-refractivity contribution >= 4 is 39.8 Å². The largest absolute Gasteiger partial charge is 0.284 e. The molecule has 0 aliphatic heterocycles. The predicted molar refractivity (Wildman–Crippen MR) is 114 cm³/mol. The van der Waals surface area contributed by atoms with Gasteiger partial charge in [0.25, 0.3) is 0 Å². The van der Waals surface area contributed by atoms with Gasteiger partial charge >= 0.3 is 0 Å². The number of hydrogen-bond donors (Lipinski definition) is 0. The van der Waals surface area contributed by atoms with E-state index in [9.17, 15) is 4.79 Å². The SMILES string of the molecule is C=CCN(C(=O)CSc1nnc2ccccn12)c1nc(-c2ccccc2)cs1. The number of carbonyl (C=O) groups is 1. The van der Waals surface area contributed by atoms with Crippen molar-refractivity contribution in [1.29, 1.82) is 0 Å². The van der Waals surface area contributed by atoms with Crippen LogP contribution in [-0.4, -0.2) is 37.8 Å². The summed E-state index contributed by atoms with van der Waals surface area (Å²) in [6, 6.07) is 15.6. The minimum atomic E-state index is -0.0495. The molecule has 0 spiro atoms. The van der Waals surface area contributed by atoms with Crippen molar-refractivity contribution in [3.63, 3.8) is 0 Å². The lowest BCUT2D eigenvalue weighted by Crippen LogP contribution is -2.32. The van der Waals surface area contributed by atoms with Crippen molar-refractivity contribution in [3.8, 4) is 11.3 Å². The highest BCUT2D eigenvalue weighted by atomic mass is 32.2. The Bertz CT molecular complexity index is 1110. The van der Waals surface area contributed by atoms with Gasteiger partial charge in [0, 0.05) is 23.7 Å². The van der Waals surface area contributed by atoms with Crippen LogP contribution >= 0.6 is 23.1 Å². The monoisotopic (exact) mass is 407 g/mol. The number of amides is 1. The number of benzene rings is 1. The smallest absolute Gasteiger partial charge is 0.239 e. The molecule has 0 aliphatic carbocycles. The van der Waals surface area contributed by atoms with Crippen LogP contribution in [0.15, 0.2) is 77.9 Å². The first-order chi connectivity index (χ1) is 13.8. The minimum Gasteiger partial charge on any atom is -0.284 e. The molecular weight excluding hydrogens is 390 g/mol. The fourth-order valence-electron chi connectivity index (χ4n) is 2.67. The Labute approximate surface area is 170 Å². The number of thioether (sulfide) groups is 1. The van der Waals surface area contributed by atoms with Crippen molar-refractivity contribution in [2.75, 3.05) is 17.2 Å². The van der Waals surface area contributed by atoms with E-state index in [1.807, 2.05) is 64.5 Å². The molecular formula is C20H17N5OS2. The fourth-order valence-corrected chi connectivity index (χ4v) is 4.33. The van der Waals surface area contributed by atoms with E-state index in [1.54, 1.807) is 11.0 Å². The predicted octanol–water partition coefficient (Wildman–Crippen LogP) is 4.16. The molecule has 0 saturated carbocycles. The Hall–Kier alpha value is -2.97.